The number of carbonyl (C=O) groups excluding carboxylic acids is 2. The van der Waals surface area contributed by atoms with E-state index in [-0.39, 0.29) is 41.7 Å². The van der Waals surface area contributed by atoms with Crippen molar-refractivity contribution in [1.82, 2.24) is 18.7 Å². The molecule has 284 valence electrons. The summed E-state index contributed by atoms with van der Waals surface area (Å²) in [4.78, 5) is 44.9. The minimum atomic E-state index is -3.72. The van der Waals surface area contributed by atoms with Crippen molar-refractivity contribution in [1.29, 1.82) is 0 Å². The molecule has 0 aliphatic carbocycles. The van der Waals surface area contributed by atoms with Crippen LogP contribution >= 0.6 is 11.3 Å². The number of nitrogens with zero attached hydrogens (tertiary/aromatic N) is 5. The number of hydrogen-bond acceptors (Lipinski definition) is 12. The van der Waals surface area contributed by atoms with Crippen LogP contribution in [0.2, 0.25) is 0 Å². The predicted molar refractivity (Wildman–Crippen MR) is 203 cm³/mol. The summed E-state index contributed by atoms with van der Waals surface area (Å²) >= 11 is 1.15. The molecule has 0 N–H and O–H groups in total. The minimum Gasteiger partial charge on any atom is -0.493 e. The molecule has 7 rings (SSSR count). The number of allylic oxidation sites excluding steroid dienone is 1. The summed E-state index contributed by atoms with van der Waals surface area (Å²) < 4.78 is 53.2. The third-order valence-corrected chi connectivity index (χ3v) is 12.0. The standard InChI is InChI=1S/C39H37N5O9S2/c1-5-52-38(47)34-24(2)40-39-44(36(34)27-13-16-31(53-25(3)45)32(21-27)50-4)37(46)33(54-39)22-28-23-43(29-9-7-6-8-10-29)41-35(28)26-11-14-30(15-12-26)55(48,49)42-17-19-51-20-18-42/h6-16,21-23,36H,5,17-20H2,1-4H3/b33-22-. The fourth-order valence-electron chi connectivity index (χ4n) is 6.49. The first kappa shape index (κ1) is 37.6. The molecule has 0 radical (unpaired) electrons. The second kappa shape index (κ2) is 15.6. The van der Waals surface area contributed by atoms with E-state index in [2.05, 4.69) is 4.99 Å². The van der Waals surface area contributed by atoms with E-state index in [1.165, 1.54) is 22.9 Å². The summed E-state index contributed by atoms with van der Waals surface area (Å²) in [6.07, 6.45) is 3.52. The quantitative estimate of drug-likeness (QED) is 0.151. The molecular formula is C39H37N5O9S2. The van der Waals surface area contributed by atoms with E-state index in [9.17, 15) is 22.8 Å². The van der Waals surface area contributed by atoms with Crippen LogP contribution in [0.15, 0.2) is 105 Å². The molecule has 1 unspecified atom stereocenters. The first-order valence-electron chi connectivity index (χ1n) is 17.4. The zero-order valence-electron chi connectivity index (χ0n) is 30.4. The number of sulfonamides is 1. The van der Waals surface area contributed by atoms with E-state index in [1.54, 1.807) is 73.3 Å². The summed E-state index contributed by atoms with van der Waals surface area (Å²) in [6, 6.07) is 19.8. The topological polar surface area (TPSA) is 161 Å². The Morgan fingerprint density at radius 3 is 2.42 bits per heavy atom. The highest BCUT2D eigenvalue weighted by molar-refractivity contribution is 7.89. The lowest BCUT2D eigenvalue weighted by Crippen LogP contribution is -2.40. The molecule has 1 fully saturated rings. The van der Waals surface area contributed by atoms with Crippen LogP contribution < -0.4 is 24.4 Å². The van der Waals surface area contributed by atoms with Crippen LogP contribution in [-0.2, 0) is 29.1 Å². The molecule has 55 heavy (non-hydrogen) atoms. The van der Waals surface area contributed by atoms with Gasteiger partial charge in [-0.1, -0.05) is 47.7 Å². The van der Waals surface area contributed by atoms with Crippen molar-refractivity contribution < 1.29 is 37.0 Å². The lowest BCUT2D eigenvalue weighted by molar-refractivity contribution is -0.139. The number of methoxy groups -OCH3 is 1. The molecule has 0 spiro atoms. The van der Waals surface area contributed by atoms with E-state index < -0.39 is 33.6 Å². The Morgan fingerprint density at radius 1 is 1.02 bits per heavy atom. The third-order valence-electron chi connectivity index (χ3n) is 9.06. The summed E-state index contributed by atoms with van der Waals surface area (Å²) in [5.74, 6) is -0.754. The molecule has 2 aromatic heterocycles. The average molecular weight is 784 g/mol. The molecule has 16 heteroatoms. The molecule has 0 saturated carbocycles. The van der Waals surface area contributed by atoms with E-state index in [1.807, 2.05) is 30.3 Å². The Bertz CT molecular complexity index is 2610. The Kier molecular flexibility index (Phi) is 10.7. The van der Waals surface area contributed by atoms with Gasteiger partial charge in [0.25, 0.3) is 5.56 Å². The predicted octanol–water partition coefficient (Wildman–Crippen LogP) is 3.61. The lowest BCUT2D eigenvalue weighted by atomic mass is 9.95. The van der Waals surface area contributed by atoms with Gasteiger partial charge >= 0.3 is 11.9 Å². The monoisotopic (exact) mass is 783 g/mol. The van der Waals surface area contributed by atoms with Crippen molar-refractivity contribution in [3.63, 3.8) is 0 Å². The normalized spacial score (nSPS) is 16.4. The van der Waals surface area contributed by atoms with E-state index in [0.717, 1.165) is 17.0 Å². The molecule has 0 amide bonds. The number of morpholine rings is 1. The number of hydrogen-bond donors (Lipinski definition) is 0. The number of esters is 2. The van der Waals surface area contributed by atoms with Gasteiger partial charge in [0.1, 0.15) is 0 Å². The molecule has 2 aliphatic heterocycles. The highest BCUT2D eigenvalue weighted by Crippen LogP contribution is 2.36. The zero-order chi connectivity index (χ0) is 38.9. The van der Waals surface area contributed by atoms with Crippen LogP contribution in [0.5, 0.6) is 11.5 Å². The second-order valence-corrected chi connectivity index (χ2v) is 15.5. The van der Waals surface area contributed by atoms with Gasteiger partial charge in [-0.05, 0) is 61.9 Å². The first-order chi connectivity index (χ1) is 26.5. The SMILES string of the molecule is CCOC(=O)C1=C(C)N=c2s/c(=C\c3cn(-c4ccccc4)nc3-c3ccc(S(=O)(=O)N4CCOCC4)cc3)c(=O)n2C1c1ccc(OC(C)=O)c(OC)c1. The maximum atomic E-state index is 14.5. The molecule has 1 saturated heterocycles. The van der Waals surface area contributed by atoms with Gasteiger partial charge < -0.3 is 18.9 Å². The second-order valence-electron chi connectivity index (χ2n) is 12.6. The molecule has 3 aromatic carbocycles. The van der Waals surface area contributed by atoms with E-state index >= 15 is 0 Å². The molecule has 0 bridgehead atoms. The maximum Gasteiger partial charge on any atom is 0.338 e. The highest BCUT2D eigenvalue weighted by atomic mass is 32.2. The Labute approximate surface area is 320 Å². The van der Waals surface area contributed by atoms with Gasteiger partial charge in [0.2, 0.25) is 10.0 Å². The number of fused-ring (bicyclic) bond motifs is 1. The largest absolute Gasteiger partial charge is 0.493 e. The first-order valence-corrected chi connectivity index (χ1v) is 19.6. The Balaban J connectivity index is 1.37. The van der Waals surface area contributed by atoms with Crippen LogP contribution in [-0.4, -0.2) is 79.0 Å². The molecule has 1 atom stereocenters. The molecule has 14 nitrogen and oxygen atoms in total. The van der Waals surface area contributed by atoms with E-state index in [0.29, 0.717) is 50.6 Å². The van der Waals surface area contributed by atoms with Gasteiger partial charge in [-0.2, -0.15) is 9.40 Å². The number of aromatic nitrogens is 3. The highest BCUT2D eigenvalue weighted by Gasteiger charge is 2.34. The minimum absolute atomic E-state index is 0.107. The van der Waals surface area contributed by atoms with Crippen LogP contribution in [0.25, 0.3) is 23.0 Å². The maximum absolute atomic E-state index is 14.5. The number of benzene rings is 3. The van der Waals surface area contributed by atoms with Crippen molar-refractivity contribution in [2.24, 2.45) is 4.99 Å². The van der Waals surface area contributed by atoms with Crippen molar-refractivity contribution >= 4 is 39.4 Å². The molecular weight excluding hydrogens is 747 g/mol. The van der Waals surface area contributed by atoms with Gasteiger partial charge in [0.05, 0.1) is 65.1 Å². The van der Waals surface area contributed by atoms with Crippen molar-refractivity contribution in [2.75, 3.05) is 40.0 Å². The van der Waals surface area contributed by atoms with Gasteiger partial charge in [0, 0.05) is 37.3 Å². The Hall–Kier alpha value is -5.68. The van der Waals surface area contributed by atoms with Crippen LogP contribution in [0.3, 0.4) is 0 Å². The third kappa shape index (κ3) is 7.41. The lowest BCUT2D eigenvalue weighted by Gasteiger charge is -2.26. The van der Waals surface area contributed by atoms with E-state index in [4.69, 9.17) is 24.0 Å². The van der Waals surface area contributed by atoms with Crippen molar-refractivity contribution in [3.05, 3.63) is 121 Å². The van der Waals surface area contributed by atoms with Gasteiger partial charge in [-0.15, -0.1) is 0 Å². The summed E-state index contributed by atoms with van der Waals surface area (Å²) in [5, 5.41) is 4.88. The number of para-hydroxylation sites is 1. The summed E-state index contributed by atoms with van der Waals surface area (Å²) in [5.41, 5.74) is 3.14. The molecule has 2 aliphatic rings. The number of rotatable bonds is 10. The van der Waals surface area contributed by atoms with Gasteiger partial charge in [-0.25, -0.2) is 22.9 Å². The Morgan fingerprint density at radius 2 is 1.75 bits per heavy atom. The fraction of sp³-hybridized carbons (Fsp3) is 0.256. The van der Waals surface area contributed by atoms with Crippen molar-refractivity contribution in [3.8, 4) is 28.4 Å². The smallest absolute Gasteiger partial charge is 0.338 e. The van der Waals surface area contributed by atoms with Crippen LogP contribution in [0.1, 0.15) is 37.9 Å². The molecule has 4 heterocycles. The number of thiazole rings is 1. The summed E-state index contributed by atoms with van der Waals surface area (Å²) in [7, 11) is -2.30. The van der Waals surface area contributed by atoms with Crippen LogP contribution in [0, 0.1) is 0 Å². The summed E-state index contributed by atoms with van der Waals surface area (Å²) in [6.45, 7) is 5.99. The molecule has 5 aromatic rings. The van der Waals surface area contributed by atoms with Gasteiger partial charge in [0.15, 0.2) is 16.3 Å². The average Bonchev–Trinajstić information content (AvgIpc) is 3.75. The number of carbonyl (C=O) groups is 2. The number of ether oxygens (including phenoxy) is 4. The van der Waals surface area contributed by atoms with Gasteiger partial charge in [-0.3, -0.25) is 14.2 Å². The van der Waals surface area contributed by atoms with Crippen LogP contribution in [0.4, 0.5) is 0 Å². The zero-order valence-corrected chi connectivity index (χ0v) is 32.1. The van der Waals surface area contributed by atoms with Crippen molar-refractivity contribution in [2.45, 2.75) is 31.7 Å². The fourth-order valence-corrected chi connectivity index (χ4v) is 8.94.